The fraction of sp³-hybridized carbons (Fsp3) is 0.357. The molecule has 0 saturated carbocycles. The summed E-state index contributed by atoms with van der Waals surface area (Å²) in [5.41, 5.74) is 0.324. The number of carbonyl (C=O) groups is 1. The van der Waals surface area contributed by atoms with Gasteiger partial charge in [-0.25, -0.2) is 18.6 Å². The number of hydrogen-bond acceptors (Lipinski definition) is 8. The summed E-state index contributed by atoms with van der Waals surface area (Å²) in [6.45, 7) is 10.2. The number of fused-ring (bicyclic) bond motifs is 1. The zero-order valence-electron chi connectivity index (χ0n) is 24.0. The fourth-order valence-electron chi connectivity index (χ4n) is 4.33. The van der Waals surface area contributed by atoms with Gasteiger partial charge in [0, 0.05) is 58.0 Å². The second-order valence-corrected chi connectivity index (χ2v) is 17.2. The number of carbonyl (C=O) groups excluding carboxylic acids is 1. The number of amides is 2. The summed E-state index contributed by atoms with van der Waals surface area (Å²) < 4.78 is 48.6. The highest BCUT2D eigenvalue weighted by atomic mass is 35.5. The molecule has 4 heterocycles. The van der Waals surface area contributed by atoms with E-state index in [1.165, 1.54) is 12.3 Å². The van der Waals surface area contributed by atoms with Crippen LogP contribution in [-0.2, 0) is 16.2 Å². The second kappa shape index (κ2) is 13.2. The van der Waals surface area contributed by atoms with Crippen LogP contribution >= 0.6 is 11.6 Å². The molecule has 0 aliphatic carbocycles. The van der Waals surface area contributed by atoms with Crippen LogP contribution in [0.1, 0.15) is 0 Å². The maximum absolute atomic E-state index is 15.1. The molecule has 2 N–H and O–H groups in total. The number of ether oxygens (including phenoxy) is 3. The van der Waals surface area contributed by atoms with Gasteiger partial charge in [0.15, 0.2) is 29.0 Å². The van der Waals surface area contributed by atoms with E-state index in [4.69, 9.17) is 25.8 Å². The van der Waals surface area contributed by atoms with E-state index in [0.717, 1.165) is 18.2 Å². The smallest absolute Gasteiger partial charge is 0.324 e. The Morgan fingerprint density at radius 1 is 1.09 bits per heavy atom. The molecule has 3 aromatic heterocycles. The first kappa shape index (κ1) is 30.6. The van der Waals surface area contributed by atoms with E-state index in [1.807, 2.05) is 4.90 Å². The van der Waals surface area contributed by atoms with Crippen LogP contribution in [0.5, 0.6) is 11.5 Å². The summed E-state index contributed by atoms with van der Waals surface area (Å²) in [7, 11) is -1.25. The van der Waals surface area contributed by atoms with Crippen molar-refractivity contribution < 1.29 is 27.8 Å². The minimum absolute atomic E-state index is 0.117. The molecule has 4 aromatic rings. The van der Waals surface area contributed by atoms with E-state index in [-0.39, 0.29) is 24.0 Å². The van der Waals surface area contributed by atoms with E-state index in [1.54, 1.807) is 22.9 Å². The molecule has 0 radical (unpaired) electrons. The maximum Gasteiger partial charge on any atom is 0.324 e. The molecular formula is C28H32ClF2N7O4Si. The number of pyridine rings is 1. The predicted octanol–water partition coefficient (Wildman–Crippen LogP) is 6.34. The minimum atomic E-state index is -1.25. The highest BCUT2D eigenvalue weighted by molar-refractivity contribution is 6.76. The Morgan fingerprint density at radius 2 is 1.84 bits per heavy atom. The lowest BCUT2D eigenvalue weighted by atomic mass is 10.2. The number of nitrogens with zero attached hydrogens (tertiary/aromatic N) is 5. The lowest BCUT2D eigenvalue weighted by molar-refractivity contribution is 0.0899. The van der Waals surface area contributed by atoms with Gasteiger partial charge in [-0.05, 0) is 24.2 Å². The summed E-state index contributed by atoms with van der Waals surface area (Å²) in [4.78, 5) is 18.8. The van der Waals surface area contributed by atoms with Crippen molar-refractivity contribution in [3.05, 3.63) is 59.4 Å². The van der Waals surface area contributed by atoms with E-state index in [2.05, 4.69) is 45.5 Å². The molecule has 5 rings (SSSR count). The van der Waals surface area contributed by atoms with Gasteiger partial charge in [-0.2, -0.15) is 0 Å². The molecule has 1 saturated heterocycles. The third-order valence-corrected chi connectivity index (χ3v) is 8.59. The molecule has 15 heteroatoms. The Balaban J connectivity index is 1.24. The standard InChI is InChI=1S/C28H32ClF2N7O4Si/c1-43(2,3)13-12-41-17-38-16-19(29)25-22(6-7-32-27(25)38)42-26-20(30)14-18(15-21(26)31)33-28(39)34-23-4-5-24(36-35-23)37-8-10-40-11-9-37/h4-7,14-16H,8-13,17H2,1-3H3,(H2,33,34,35,39). The molecule has 43 heavy (non-hydrogen) atoms. The highest BCUT2D eigenvalue weighted by Gasteiger charge is 2.20. The van der Waals surface area contributed by atoms with Crippen LogP contribution in [0.4, 0.5) is 30.9 Å². The molecule has 1 aromatic carbocycles. The normalized spacial score (nSPS) is 13.8. The van der Waals surface area contributed by atoms with Crippen molar-refractivity contribution in [2.24, 2.45) is 0 Å². The molecule has 11 nitrogen and oxygen atoms in total. The number of morpholine rings is 1. The monoisotopic (exact) mass is 631 g/mol. The molecule has 228 valence electrons. The summed E-state index contributed by atoms with van der Waals surface area (Å²) >= 11 is 6.46. The van der Waals surface area contributed by atoms with Crippen molar-refractivity contribution in [3.8, 4) is 11.5 Å². The number of nitrogens with one attached hydrogen (secondary N) is 2. The largest absolute Gasteiger partial charge is 0.450 e. The van der Waals surface area contributed by atoms with Crippen molar-refractivity contribution in [2.75, 3.05) is 48.4 Å². The van der Waals surface area contributed by atoms with E-state index < -0.39 is 31.5 Å². The first-order chi connectivity index (χ1) is 20.6. The number of hydrogen-bond donors (Lipinski definition) is 2. The van der Waals surface area contributed by atoms with Crippen LogP contribution in [0, 0.1) is 11.6 Å². The molecule has 0 spiro atoms. The van der Waals surface area contributed by atoms with Crippen LogP contribution in [0.3, 0.4) is 0 Å². The Hall–Kier alpha value is -3.85. The average Bonchev–Trinajstić information content (AvgIpc) is 3.29. The van der Waals surface area contributed by atoms with Crippen molar-refractivity contribution in [1.29, 1.82) is 0 Å². The number of aromatic nitrogens is 4. The highest BCUT2D eigenvalue weighted by Crippen LogP contribution is 2.37. The number of halogens is 3. The lowest BCUT2D eigenvalue weighted by Crippen LogP contribution is -2.36. The molecule has 2 amide bonds. The summed E-state index contributed by atoms with van der Waals surface area (Å²) in [5.74, 6) is -1.77. The molecule has 1 aliphatic heterocycles. The average molecular weight is 632 g/mol. The van der Waals surface area contributed by atoms with Crippen molar-refractivity contribution >= 4 is 54.1 Å². The minimum Gasteiger partial charge on any atom is -0.450 e. The summed E-state index contributed by atoms with van der Waals surface area (Å²) in [6.07, 6.45) is 3.10. The van der Waals surface area contributed by atoms with Gasteiger partial charge in [0.2, 0.25) is 0 Å². The molecule has 1 fully saturated rings. The van der Waals surface area contributed by atoms with Crippen LogP contribution in [0.25, 0.3) is 11.0 Å². The topological polar surface area (TPSA) is 116 Å². The van der Waals surface area contributed by atoms with Gasteiger partial charge in [0.05, 0.1) is 23.6 Å². The third-order valence-electron chi connectivity index (χ3n) is 6.59. The first-order valence-corrected chi connectivity index (χ1v) is 17.8. The summed E-state index contributed by atoms with van der Waals surface area (Å²) in [6, 6.07) is 6.92. The SMILES string of the molecule is C[Si](C)(C)CCOCn1cc(Cl)c2c(Oc3c(F)cc(NC(=O)Nc4ccc(N5CCOCC5)nn4)cc3F)ccnc21. The van der Waals surface area contributed by atoms with Crippen molar-refractivity contribution in [1.82, 2.24) is 19.7 Å². The van der Waals surface area contributed by atoms with E-state index >= 15 is 8.78 Å². The van der Waals surface area contributed by atoms with Crippen molar-refractivity contribution in [2.45, 2.75) is 32.4 Å². The number of rotatable bonds is 10. The molecule has 0 unspecified atom stereocenters. The van der Waals surface area contributed by atoms with Crippen LogP contribution < -0.4 is 20.3 Å². The maximum atomic E-state index is 15.1. The second-order valence-electron chi connectivity index (χ2n) is 11.1. The molecular weight excluding hydrogens is 600 g/mol. The quantitative estimate of drug-likeness (QED) is 0.154. The Kier molecular flexibility index (Phi) is 9.39. The Bertz CT molecular complexity index is 1570. The van der Waals surface area contributed by atoms with Gasteiger partial charge in [-0.15, -0.1) is 10.2 Å². The van der Waals surface area contributed by atoms with Gasteiger partial charge >= 0.3 is 6.03 Å². The number of anilines is 3. The first-order valence-electron chi connectivity index (χ1n) is 13.7. The molecule has 1 aliphatic rings. The van der Waals surface area contributed by atoms with Crippen molar-refractivity contribution in [3.63, 3.8) is 0 Å². The summed E-state index contributed by atoms with van der Waals surface area (Å²) in [5, 5.41) is 13.7. The lowest BCUT2D eigenvalue weighted by Gasteiger charge is -2.27. The van der Waals surface area contributed by atoms with Gasteiger partial charge in [0.25, 0.3) is 0 Å². The van der Waals surface area contributed by atoms with Gasteiger partial charge < -0.3 is 29.0 Å². The van der Waals surface area contributed by atoms with Crippen LogP contribution in [0.2, 0.25) is 30.7 Å². The Labute approximate surface area is 253 Å². The van der Waals surface area contributed by atoms with Crippen LogP contribution in [0.15, 0.2) is 42.7 Å². The van der Waals surface area contributed by atoms with E-state index in [0.29, 0.717) is 54.8 Å². The van der Waals surface area contributed by atoms with Gasteiger partial charge in [-0.1, -0.05) is 31.2 Å². The molecule has 0 atom stereocenters. The third kappa shape index (κ3) is 7.76. The number of urea groups is 1. The predicted molar refractivity (Wildman–Crippen MR) is 163 cm³/mol. The van der Waals surface area contributed by atoms with Gasteiger partial charge in [0.1, 0.15) is 18.1 Å². The zero-order chi connectivity index (χ0) is 30.6. The van der Waals surface area contributed by atoms with Crippen LogP contribution in [-0.4, -0.2) is 66.8 Å². The Morgan fingerprint density at radius 3 is 2.51 bits per heavy atom. The zero-order valence-corrected chi connectivity index (χ0v) is 25.8. The molecule has 0 bridgehead atoms. The number of benzene rings is 1. The van der Waals surface area contributed by atoms with Gasteiger partial charge in [-0.3, -0.25) is 5.32 Å². The van der Waals surface area contributed by atoms with E-state index in [9.17, 15) is 4.79 Å². The fourth-order valence-corrected chi connectivity index (χ4v) is 5.39.